The van der Waals surface area contributed by atoms with Crippen LogP contribution in [-0.2, 0) is 11.3 Å². The van der Waals surface area contributed by atoms with Crippen molar-refractivity contribution in [3.8, 4) is 0 Å². The molecule has 1 N–H and O–H groups in total. The number of para-hydroxylation sites is 1. The largest absolute Gasteiger partial charge is 0.439 e. The maximum absolute atomic E-state index is 12.1. The summed E-state index contributed by atoms with van der Waals surface area (Å²) in [6.45, 7) is 4.06. The Morgan fingerprint density at radius 3 is 3.05 bits per heavy atom. The quantitative estimate of drug-likeness (QED) is 0.797. The predicted octanol–water partition coefficient (Wildman–Crippen LogP) is 2.21. The first-order valence-corrected chi connectivity index (χ1v) is 6.75. The van der Waals surface area contributed by atoms with E-state index in [-0.39, 0.29) is 18.5 Å². The summed E-state index contributed by atoms with van der Waals surface area (Å²) in [4.78, 5) is 20.4. The zero-order valence-corrected chi connectivity index (χ0v) is 11.9. The minimum Gasteiger partial charge on any atom is -0.439 e. The number of amides is 1. The van der Waals surface area contributed by atoms with Crippen molar-refractivity contribution in [2.75, 3.05) is 0 Å². The minimum absolute atomic E-state index is 0.105. The van der Waals surface area contributed by atoms with Crippen LogP contribution in [0.3, 0.4) is 0 Å². The Hall–Kier alpha value is -2.63. The van der Waals surface area contributed by atoms with Crippen LogP contribution in [0.4, 0.5) is 0 Å². The van der Waals surface area contributed by atoms with Gasteiger partial charge in [-0.2, -0.15) is 0 Å². The molecule has 108 valence electrons. The molecule has 0 saturated carbocycles. The van der Waals surface area contributed by atoms with Crippen molar-refractivity contribution in [3.63, 3.8) is 0 Å². The summed E-state index contributed by atoms with van der Waals surface area (Å²) in [5.74, 6) is 0.400. The van der Waals surface area contributed by atoms with Crippen LogP contribution in [0.2, 0.25) is 0 Å². The molecule has 1 atom stereocenters. The van der Waals surface area contributed by atoms with Gasteiger partial charge in [0.05, 0.1) is 12.9 Å². The molecule has 1 aromatic carbocycles. The van der Waals surface area contributed by atoms with Gasteiger partial charge in [-0.1, -0.05) is 12.1 Å². The van der Waals surface area contributed by atoms with Crippen molar-refractivity contribution in [3.05, 3.63) is 48.4 Å². The van der Waals surface area contributed by atoms with Crippen molar-refractivity contribution >= 4 is 17.0 Å². The van der Waals surface area contributed by atoms with Crippen molar-refractivity contribution in [2.45, 2.75) is 26.4 Å². The number of hydrogen-bond donors (Lipinski definition) is 1. The number of aromatic nitrogens is 3. The smallest absolute Gasteiger partial charge is 0.243 e. The molecule has 0 radical (unpaired) electrons. The highest BCUT2D eigenvalue weighted by molar-refractivity contribution is 5.80. The van der Waals surface area contributed by atoms with E-state index in [0.717, 1.165) is 16.7 Å². The van der Waals surface area contributed by atoms with Crippen LogP contribution in [0.1, 0.15) is 24.4 Å². The zero-order valence-electron chi connectivity index (χ0n) is 11.9. The molecule has 2 aromatic heterocycles. The third-order valence-corrected chi connectivity index (χ3v) is 3.43. The number of nitrogens with one attached hydrogen (secondary N) is 1. The fourth-order valence-electron chi connectivity index (χ4n) is 2.15. The molecule has 6 nitrogen and oxygen atoms in total. The molecule has 0 spiro atoms. The topological polar surface area (TPSA) is 73.0 Å². The number of carbonyl (C=O) groups is 1. The monoisotopic (exact) mass is 284 g/mol. The number of imidazole rings is 1. The van der Waals surface area contributed by atoms with Gasteiger partial charge in [0, 0.05) is 12.4 Å². The number of oxazole rings is 1. The number of hydrogen-bond acceptors (Lipinski definition) is 4. The van der Waals surface area contributed by atoms with E-state index in [1.807, 2.05) is 32.0 Å². The van der Waals surface area contributed by atoms with Gasteiger partial charge in [0.25, 0.3) is 0 Å². The van der Waals surface area contributed by atoms with Gasteiger partial charge in [-0.15, -0.1) is 0 Å². The second kappa shape index (κ2) is 5.40. The number of benzene rings is 1. The van der Waals surface area contributed by atoms with E-state index >= 15 is 0 Å². The van der Waals surface area contributed by atoms with Crippen LogP contribution in [0.25, 0.3) is 11.1 Å². The molecule has 0 fully saturated rings. The predicted molar refractivity (Wildman–Crippen MR) is 77.5 cm³/mol. The van der Waals surface area contributed by atoms with Gasteiger partial charge in [0.15, 0.2) is 5.58 Å². The fraction of sp³-hybridized carbons (Fsp3) is 0.267. The van der Waals surface area contributed by atoms with Gasteiger partial charge >= 0.3 is 0 Å². The van der Waals surface area contributed by atoms with Crippen LogP contribution < -0.4 is 5.32 Å². The second-order valence-electron chi connectivity index (χ2n) is 4.93. The molecule has 2 heterocycles. The number of nitrogens with zero attached hydrogens (tertiary/aromatic N) is 3. The Morgan fingerprint density at radius 2 is 2.33 bits per heavy atom. The lowest BCUT2D eigenvalue weighted by molar-refractivity contribution is -0.124. The fourth-order valence-corrected chi connectivity index (χ4v) is 2.15. The van der Waals surface area contributed by atoms with Crippen LogP contribution in [0, 0.1) is 6.92 Å². The first-order chi connectivity index (χ1) is 10.1. The highest BCUT2D eigenvalue weighted by Crippen LogP contribution is 2.18. The maximum atomic E-state index is 12.1. The second-order valence-corrected chi connectivity index (χ2v) is 4.93. The normalized spacial score (nSPS) is 12.5. The van der Waals surface area contributed by atoms with Crippen LogP contribution in [0.15, 0.2) is 41.3 Å². The van der Waals surface area contributed by atoms with E-state index in [0.29, 0.717) is 5.89 Å². The average molecular weight is 284 g/mol. The van der Waals surface area contributed by atoms with Crippen LogP contribution in [0.5, 0.6) is 0 Å². The molecule has 21 heavy (non-hydrogen) atoms. The molecule has 0 aliphatic rings. The molecule has 0 saturated heterocycles. The average Bonchev–Trinajstić information content (AvgIpc) is 3.13. The third kappa shape index (κ3) is 2.65. The van der Waals surface area contributed by atoms with E-state index in [9.17, 15) is 4.79 Å². The van der Waals surface area contributed by atoms with Gasteiger partial charge in [-0.3, -0.25) is 4.79 Å². The van der Waals surface area contributed by atoms with E-state index in [1.54, 1.807) is 23.3 Å². The summed E-state index contributed by atoms with van der Waals surface area (Å²) in [6.07, 6.45) is 5.02. The third-order valence-electron chi connectivity index (χ3n) is 3.43. The van der Waals surface area contributed by atoms with Crippen molar-refractivity contribution in [1.29, 1.82) is 0 Å². The molecule has 0 unspecified atom stereocenters. The van der Waals surface area contributed by atoms with Crippen molar-refractivity contribution in [2.24, 2.45) is 0 Å². The number of aryl methyl sites for hydroxylation is 1. The van der Waals surface area contributed by atoms with Gasteiger partial charge in [0.2, 0.25) is 11.8 Å². The molecule has 3 aromatic rings. The SMILES string of the molecule is Cc1cccc2oc(CNC(=O)[C@@H](C)n3ccnc3)nc12. The van der Waals surface area contributed by atoms with E-state index in [1.165, 1.54) is 0 Å². The lowest BCUT2D eigenvalue weighted by Crippen LogP contribution is -2.30. The Kier molecular flexibility index (Phi) is 3.43. The van der Waals surface area contributed by atoms with Crippen molar-refractivity contribution in [1.82, 2.24) is 19.9 Å². The molecule has 6 heteroatoms. The number of rotatable bonds is 4. The molecule has 1 amide bonds. The minimum atomic E-state index is -0.321. The molecular formula is C15H16N4O2. The number of fused-ring (bicyclic) bond motifs is 1. The Bertz CT molecular complexity index is 761. The lowest BCUT2D eigenvalue weighted by atomic mass is 10.2. The molecule has 0 aliphatic heterocycles. The standard InChI is InChI=1S/C15H16N4O2/c1-10-4-3-5-12-14(10)18-13(21-12)8-17-15(20)11(2)19-7-6-16-9-19/h3-7,9,11H,8H2,1-2H3,(H,17,20)/t11-/m1/s1. The number of carbonyl (C=O) groups excluding carboxylic acids is 1. The van der Waals surface area contributed by atoms with Crippen LogP contribution >= 0.6 is 0 Å². The summed E-state index contributed by atoms with van der Waals surface area (Å²) in [5, 5.41) is 2.82. The molecular weight excluding hydrogens is 268 g/mol. The summed E-state index contributed by atoms with van der Waals surface area (Å²) in [7, 11) is 0. The first-order valence-electron chi connectivity index (χ1n) is 6.75. The molecule has 0 bridgehead atoms. The zero-order chi connectivity index (χ0) is 14.8. The Balaban J connectivity index is 1.69. The lowest BCUT2D eigenvalue weighted by Gasteiger charge is -2.12. The highest BCUT2D eigenvalue weighted by Gasteiger charge is 2.15. The molecule has 0 aliphatic carbocycles. The van der Waals surface area contributed by atoms with Gasteiger partial charge in [0.1, 0.15) is 11.6 Å². The first kappa shape index (κ1) is 13.4. The summed E-state index contributed by atoms with van der Waals surface area (Å²) >= 11 is 0. The Morgan fingerprint density at radius 1 is 1.48 bits per heavy atom. The van der Waals surface area contributed by atoms with E-state index < -0.39 is 0 Å². The molecule has 3 rings (SSSR count). The van der Waals surface area contributed by atoms with Gasteiger partial charge in [-0.05, 0) is 25.5 Å². The summed E-state index contributed by atoms with van der Waals surface area (Å²) in [5.41, 5.74) is 2.63. The summed E-state index contributed by atoms with van der Waals surface area (Å²) < 4.78 is 7.37. The van der Waals surface area contributed by atoms with E-state index in [4.69, 9.17) is 4.42 Å². The summed E-state index contributed by atoms with van der Waals surface area (Å²) in [6, 6.07) is 5.45. The van der Waals surface area contributed by atoms with Crippen LogP contribution in [-0.4, -0.2) is 20.4 Å². The van der Waals surface area contributed by atoms with Gasteiger partial charge < -0.3 is 14.3 Å². The van der Waals surface area contributed by atoms with Gasteiger partial charge in [-0.25, -0.2) is 9.97 Å². The Labute approximate surface area is 121 Å². The van der Waals surface area contributed by atoms with E-state index in [2.05, 4.69) is 15.3 Å². The maximum Gasteiger partial charge on any atom is 0.243 e. The van der Waals surface area contributed by atoms with Crippen molar-refractivity contribution < 1.29 is 9.21 Å². The highest BCUT2D eigenvalue weighted by atomic mass is 16.3.